The average Bonchev–Trinajstić information content (AvgIpc) is 2.95. The molecular weight excluding hydrogens is 250 g/mol. The predicted molar refractivity (Wildman–Crippen MR) is 80.5 cm³/mol. The van der Waals surface area contributed by atoms with Crippen LogP contribution in [0.4, 0.5) is 0 Å². The number of aliphatic hydroxyl groups excluding tert-OH is 1. The number of benzene rings is 1. The van der Waals surface area contributed by atoms with Crippen LogP contribution in [-0.4, -0.2) is 28.0 Å². The topological polar surface area (TPSA) is 50.1 Å². The van der Waals surface area contributed by atoms with E-state index in [1.54, 1.807) is 0 Å². The smallest absolute Gasteiger partial charge is 0.0534 e. The molecule has 1 aromatic carbocycles. The number of nitrogens with one attached hydrogen (secondary N) is 1. The molecule has 2 N–H and O–H groups in total. The van der Waals surface area contributed by atoms with Gasteiger partial charge in [0.05, 0.1) is 6.20 Å². The largest absolute Gasteiger partial charge is 0.396 e. The van der Waals surface area contributed by atoms with Gasteiger partial charge in [0.15, 0.2) is 0 Å². The van der Waals surface area contributed by atoms with E-state index in [2.05, 4.69) is 35.7 Å². The van der Waals surface area contributed by atoms with E-state index in [-0.39, 0.29) is 6.61 Å². The van der Waals surface area contributed by atoms with Crippen molar-refractivity contribution in [1.29, 1.82) is 0 Å². The van der Waals surface area contributed by atoms with Crippen LogP contribution >= 0.6 is 0 Å². The van der Waals surface area contributed by atoms with Gasteiger partial charge < -0.3 is 10.4 Å². The predicted octanol–water partition coefficient (Wildman–Crippen LogP) is 2.16. The Morgan fingerprint density at radius 2 is 2.10 bits per heavy atom. The molecule has 1 aromatic heterocycles. The van der Waals surface area contributed by atoms with Gasteiger partial charge in [-0.3, -0.25) is 4.68 Å². The third kappa shape index (κ3) is 4.18. The SMILES string of the molecule is CCn1cc(CNCC(CCO)c2ccccc2)cn1. The standard InChI is InChI=1S/C16H23N3O/c1-2-19-13-14(11-18-19)10-17-12-16(8-9-20)15-6-4-3-5-7-15/h3-7,11,13,16-17,20H,2,8-10,12H2,1H3. The van der Waals surface area contributed by atoms with E-state index in [1.807, 2.05) is 29.1 Å². The maximum atomic E-state index is 9.21. The molecule has 1 unspecified atom stereocenters. The molecule has 108 valence electrons. The first kappa shape index (κ1) is 14.8. The lowest BCUT2D eigenvalue weighted by Crippen LogP contribution is -2.22. The Balaban J connectivity index is 1.86. The van der Waals surface area contributed by atoms with Gasteiger partial charge >= 0.3 is 0 Å². The Morgan fingerprint density at radius 1 is 1.30 bits per heavy atom. The van der Waals surface area contributed by atoms with Crippen molar-refractivity contribution in [3.63, 3.8) is 0 Å². The van der Waals surface area contributed by atoms with E-state index in [4.69, 9.17) is 0 Å². The monoisotopic (exact) mass is 273 g/mol. The fourth-order valence-corrected chi connectivity index (χ4v) is 2.33. The molecule has 2 rings (SSSR count). The molecule has 2 aromatic rings. The minimum absolute atomic E-state index is 0.217. The van der Waals surface area contributed by atoms with Crippen molar-refractivity contribution in [2.45, 2.75) is 32.4 Å². The third-order valence-corrected chi connectivity index (χ3v) is 3.48. The van der Waals surface area contributed by atoms with Crippen molar-refractivity contribution in [3.05, 3.63) is 53.9 Å². The van der Waals surface area contributed by atoms with Crippen LogP contribution < -0.4 is 5.32 Å². The molecule has 0 fully saturated rings. The van der Waals surface area contributed by atoms with Gasteiger partial charge in [-0.05, 0) is 24.8 Å². The summed E-state index contributed by atoms with van der Waals surface area (Å²) in [6.45, 7) is 4.87. The van der Waals surface area contributed by atoms with Crippen molar-refractivity contribution in [2.24, 2.45) is 0 Å². The van der Waals surface area contributed by atoms with Crippen LogP contribution in [0.15, 0.2) is 42.7 Å². The molecule has 20 heavy (non-hydrogen) atoms. The molecule has 0 spiro atoms. The van der Waals surface area contributed by atoms with Gasteiger partial charge in [-0.1, -0.05) is 30.3 Å². The number of aryl methyl sites for hydroxylation is 1. The van der Waals surface area contributed by atoms with E-state index in [1.165, 1.54) is 11.1 Å². The van der Waals surface area contributed by atoms with Crippen molar-refractivity contribution < 1.29 is 5.11 Å². The Bertz CT molecular complexity index is 495. The average molecular weight is 273 g/mol. The maximum absolute atomic E-state index is 9.21. The molecule has 0 radical (unpaired) electrons. The molecule has 0 saturated heterocycles. The number of aliphatic hydroxyl groups is 1. The Labute approximate surface area is 120 Å². The summed E-state index contributed by atoms with van der Waals surface area (Å²) in [4.78, 5) is 0. The van der Waals surface area contributed by atoms with Crippen LogP contribution in [-0.2, 0) is 13.1 Å². The summed E-state index contributed by atoms with van der Waals surface area (Å²) < 4.78 is 1.93. The Kier molecular flexibility index (Phi) is 5.77. The second-order valence-corrected chi connectivity index (χ2v) is 4.96. The first-order valence-electron chi connectivity index (χ1n) is 7.21. The summed E-state index contributed by atoms with van der Waals surface area (Å²) in [5.74, 6) is 0.349. The lowest BCUT2D eigenvalue weighted by Gasteiger charge is -2.16. The number of nitrogens with zero attached hydrogens (tertiary/aromatic N) is 2. The lowest BCUT2D eigenvalue weighted by atomic mass is 9.96. The summed E-state index contributed by atoms with van der Waals surface area (Å²) in [5.41, 5.74) is 2.47. The van der Waals surface area contributed by atoms with E-state index < -0.39 is 0 Å². The van der Waals surface area contributed by atoms with Gasteiger partial charge in [0.25, 0.3) is 0 Å². The van der Waals surface area contributed by atoms with E-state index in [0.717, 1.165) is 26.1 Å². The highest BCUT2D eigenvalue weighted by Crippen LogP contribution is 2.18. The number of hydrogen-bond donors (Lipinski definition) is 2. The molecule has 0 amide bonds. The fourth-order valence-electron chi connectivity index (χ4n) is 2.33. The number of aromatic nitrogens is 2. The molecule has 0 bridgehead atoms. The van der Waals surface area contributed by atoms with Gasteiger partial charge in [-0.25, -0.2) is 0 Å². The summed E-state index contributed by atoms with van der Waals surface area (Å²) in [5, 5.41) is 16.9. The Morgan fingerprint density at radius 3 is 2.75 bits per heavy atom. The zero-order valence-electron chi connectivity index (χ0n) is 12.0. The van der Waals surface area contributed by atoms with Crippen LogP contribution in [0.1, 0.15) is 30.4 Å². The van der Waals surface area contributed by atoms with Crippen LogP contribution in [0.25, 0.3) is 0 Å². The summed E-state index contributed by atoms with van der Waals surface area (Å²) >= 11 is 0. The second-order valence-electron chi connectivity index (χ2n) is 4.96. The summed E-state index contributed by atoms with van der Waals surface area (Å²) in [6, 6.07) is 10.4. The van der Waals surface area contributed by atoms with Gasteiger partial charge in [-0.2, -0.15) is 5.10 Å². The zero-order chi connectivity index (χ0) is 14.2. The second kappa shape index (κ2) is 7.82. The number of hydrogen-bond acceptors (Lipinski definition) is 3. The zero-order valence-corrected chi connectivity index (χ0v) is 12.0. The van der Waals surface area contributed by atoms with Crippen LogP contribution in [0, 0.1) is 0 Å². The summed E-state index contributed by atoms with van der Waals surface area (Å²) in [6.07, 6.45) is 4.75. The first-order valence-corrected chi connectivity index (χ1v) is 7.21. The minimum atomic E-state index is 0.217. The van der Waals surface area contributed by atoms with Crippen molar-refractivity contribution in [3.8, 4) is 0 Å². The highest BCUT2D eigenvalue weighted by Gasteiger charge is 2.10. The van der Waals surface area contributed by atoms with E-state index in [9.17, 15) is 5.11 Å². The molecule has 1 heterocycles. The van der Waals surface area contributed by atoms with Crippen molar-refractivity contribution in [2.75, 3.05) is 13.2 Å². The molecule has 0 saturated carbocycles. The number of rotatable bonds is 8. The molecule has 0 aliphatic rings. The van der Waals surface area contributed by atoms with Crippen LogP contribution in [0.5, 0.6) is 0 Å². The normalized spacial score (nSPS) is 12.5. The first-order chi connectivity index (χ1) is 9.83. The van der Waals surface area contributed by atoms with Crippen LogP contribution in [0.2, 0.25) is 0 Å². The quantitative estimate of drug-likeness (QED) is 0.775. The summed E-state index contributed by atoms with van der Waals surface area (Å²) in [7, 11) is 0. The van der Waals surface area contributed by atoms with Crippen molar-refractivity contribution >= 4 is 0 Å². The van der Waals surface area contributed by atoms with Crippen LogP contribution in [0.3, 0.4) is 0 Å². The van der Waals surface area contributed by atoms with Gasteiger partial charge in [0.2, 0.25) is 0 Å². The minimum Gasteiger partial charge on any atom is -0.396 e. The molecule has 0 aliphatic heterocycles. The van der Waals surface area contributed by atoms with E-state index >= 15 is 0 Å². The molecule has 4 nitrogen and oxygen atoms in total. The fraction of sp³-hybridized carbons (Fsp3) is 0.438. The molecule has 4 heteroatoms. The molecular formula is C16H23N3O. The highest BCUT2D eigenvalue weighted by atomic mass is 16.3. The maximum Gasteiger partial charge on any atom is 0.0534 e. The Hall–Kier alpha value is -1.65. The van der Waals surface area contributed by atoms with Crippen molar-refractivity contribution in [1.82, 2.24) is 15.1 Å². The highest BCUT2D eigenvalue weighted by molar-refractivity contribution is 5.20. The van der Waals surface area contributed by atoms with Gasteiger partial charge in [0.1, 0.15) is 0 Å². The molecule has 1 atom stereocenters. The lowest BCUT2D eigenvalue weighted by molar-refractivity contribution is 0.273. The third-order valence-electron chi connectivity index (χ3n) is 3.48. The van der Waals surface area contributed by atoms with E-state index in [0.29, 0.717) is 5.92 Å². The molecule has 0 aliphatic carbocycles. The van der Waals surface area contributed by atoms with Gasteiger partial charge in [0, 0.05) is 38.0 Å². The van der Waals surface area contributed by atoms with Gasteiger partial charge in [-0.15, -0.1) is 0 Å².